The van der Waals surface area contributed by atoms with Crippen molar-refractivity contribution in [3.63, 3.8) is 0 Å². The SMILES string of the molecule is CCS(=O)(=O)N(C)C1CCN(CCOC2CCCCCC2)CC1. The molecule has 1 heterocycles. The Bertz CT molecular complexity index is 425. The van der Waals surface area contributed by atoms with Crippen molar-refractivity contribution in [2.75, 3.05) is 39.0 Å². The van der Waals surface area contributed by atoms with Gasteiger partial charge < -0.3 is 9.64 Å². The zero-order valence-electron chi connectivity index (χ0n) is 14.9. The van der Waals surface area contributed by atoms with Crippen LogP contribution in [0.1, 0.15) is 58.3 Å². The molecule has 2 aliphatic rings. The molecular weight excluding hydrogens is 312 g/mol. The molecule has 0 aromatic heterocycles. The molecule has 0 radical (unpaired) electrons. The van der Waals surface area contributed by atoms with E-state index < -0.39 is 10.0 Å². The third-order valence-electron chi connectivity index (χ3n) is 5.44. The molecule has 0 spiro atoms. The average Bonchev–Trinajstić information content (AvgIpc) is 2.83. The van der Waals surface area contributed by atoms with E-state index in [9.17, 15) is 8.42 Å². The number of likely N-dealkylation sites (tertiary alicyclic amines) is 1. The maximum Gasteiger partial charge on any atom is 0.213 e. The summed E-state index contributed by atoms with van der Waals surface area (Å²) in [6, 6.07) is 0.166. The Morgan fingerprint density at radius 2 is 1.65 bits per heavy atom. The normalized spacial score (nSPS) is 23.3. The second kappa shape index (κ2) is 9.35. The Kier molecular flexibility index (Phi) is 7.79. The van der Waals surface area contributed by atoms with Gasteiger partial charge in [-0.25, -0.2) is 12.7 Å². The summed E-state index contributed by atoms with van der Waals surface area (Å²) in [6.07, 6.45) is 10.1. The molecular formula is C17H34N2O3S. The van der Waals surface area contributed by atoms with Crippen molar-refractivity contribution in [1.82, 2.24) is 9.21 Å². The molecule has 136 valence electrons. The molecule has 0 amide bonds. The van der Waals surface area contributed by atoms with Crippen LogP contribution in [0, 0.1) is 0 Å². The summed E-state index contributed by atoms with van der Waals surface area (Å²) in [5, 5.41) is 0. The molecule has 1 saturated heterocycles. The standard InChI is InChI=1S/C17H34N2O3S/c1-3-23(20,21)18(2)16-10-12-19(13-11-16)14-15-22-17-8-6-4-5-7-9-17/h16-17H,3-15H2,1-2H3. The van der Waals surface area contributed by atoms with E-state index in [1.54, 1.807) is 18.3 Å². The fourth-order valence-electron chi connectivity index (χ4n) is 3.69. The van der Waals surface area contributed by atoms with Gasteiger partial charge in [-0.05, 0) is 45.7 Å². The van der Waals surface area contributed by atoms with Crippen molar-refractivity contribution < 1.29 is 13.2 Å². The molecule has 0 aromatic carbocycles. The predicted molar refractivity (Wildman–Crippen MR) is 94.1 cm³/mol. The highest BCUT2D eigenvalue weighted by atomic mass is 32.2. The van der Waals surface area contributed by atoms with Crippen LogP contribution < -0.4 is 0 Å². The van der Waals surface area contributed by atoms with Crippen molar-refractivity contribution >= 4 is 10.0 Å². The summed E-state index contributed by atoms with van der Waals surface area (Å²) >= 11 is 0. The number of hydrogen-bond acceptors (Lipinski definition) is 4. The van der Waals surface area contributed by atoms with Crippen LogP contribution in [-0.4, -0.2) is 68.8 Å². The van der Waals surface area contributed by atoms with E-state index in [4.69, 9.17) is 4.74 Å². The molecule has 1 aliphatic heterocycles. The number of nitrogens with zero attached hydrogens (tertiary/aromatic N) is 2. The van der Waals surface area contributed by atoms with Gasteiger partial charge in [-0.2, -0.15) is 0 Å². The lowest BCUT2D eigenvalue weighted by Crippen LogP contribution is -2.46. The summed E-state index contributed by atoms with van der Waals surface area (Å²) in [5.74, 6) is 0.193. The largest absolute Gasteiger partial charge is 0.377 e. The summed E-state index contributed by atoms with van der Waals surface area (Å²) in [6.45, 7) is 5.46. The third kappa shape index (κ3) is 6.00. The van der Waals surface area contributed by atoms with Crippen LogP contribution in [0.3, 0.4) is 0 Å². The number of sulfonamides is 1. The summed E-state index contributed by atoms with van der Waals surface area (Å²) in [4.78, 5) is 2.42. The molecule has 0 N–H and O–H groups in total. The van der Waals surface area contributed by atoms with Gasteiger partial charge in [0.05, 0.1) is 18.5 Å². The highest BCUT2D eigenvalue weighted by Gasteiger charge is 2.28. The predicted octanol–water partition coefficient (Wildman–Crippen LogP) is 2.47. The van der Waals surface area contributed by atoms with Gasteiger partial charge in [0, 0.05) is 19.6 Å². The van der Waals surface area contributed by atoms with E-state index in [-0.39, 0.29) is 11.8 Å². The monoisotopic (exact) mass is 346 g/mol. The van der Waals surface area contributed by atoms with Crippen LogP contribution in [0.25, 0.3) is 0 Å². The summed E-state index contributed by atoms with van der Waals surface area (Å²) in [7, 11) is -1.33. The number of piperidine rings is 1. The van der Waals surface area contributed by atoms with E-state index in [1.165, 1.54) is 38.5 Å². The van der Waals surface area contributed by atoms with Crippen molar-refractivity contribution in [3.05, 3.63) is 0 Å². The van der Waals surface area contributed by atoms with E-state index in [0.29, 0.717) is 6.10 Å². The van der Waals surface area contributed by atoms with Crippen molar-refractivity contribution in [2.45, 2.75) is 70.4 Å². The van der Waals surface area contributed by atoms with Crippen LogP contribution in [0.2, 0.25) is 0 Å². The average molecular weight is 347 g/mol. The first-order valence-electron chi connectivity index (χ1n) is 9.32. The second-order valence-electron chi connectivity index (χ2n) is 6.97. The topological polar surface area (TPSA) is 49.9 Å². The molecule has 23 heavy (non-hydrogen) atoms. The molecule has 6 heteroatoms. The van der Waals surface area contributed by atoms with Crippen molar-refractivity contribution in [1.29, 1.82) is 0 Å². The van der Waals surface area contributed by atoms with E-state index in [0.717, 1.165) is 39.1 Å². The second-order valence-corrected chi connectivity index (χ2v) is 9.29. The molecule has 5 nitrogen and oxygen atoms in total. The molecule has 0 unspecified atom stereocenters. The first kappa shape index (κ1) is 19.2. The Morgan fingerprint density at radius 1 is 1.04 bits per heavy atom. The molecule has 1 saturated carbocycles. The Hall–Kier alpha value is -0.170. The first-order chi connectivity index (χ1) is 11.0. The minimum atomic E-state index is -3.06. The van der Waals surface area contributed by atoms with Crippen molar-refractivity contribution in [2.24, 2.45) is 0 Å². The molecule has 1 aliphatic carbocycles. The van der Waals surface area contributed by atoms with Crippen LogP contribution in [0.15, 0.2) is 0 Å². The highest BCUT2D eigenvalue weighted by molar-refractivity contribution is 7.89. The Labute approximate surface area is 142 Å². The lowest BCUT2D eigenvalue weighted by atomic mass is 10.1. The van der Waals surface area contributed by atoms with E-state index in [2.05, 4.69) is 4.90 Å². The van der Waals surface area contributed by atoms with Gasteiger partial charge in [0.25, 0.3) is 0 Å². The van der Waals surface area contributed by atoms with Gasteiger partial charge in [0.15, 0.2) is 0 Å². The quantitative estimate of drug-likeness (QED) is 0.665. The maximum atomic E-state index is 11.9. The molecule has 0 atom stereocenters. The summed E-state index contributed by atoms with van der Waals surface area (Å²) in [5.41, 5.74) is 0. The minimum absolute atomic E-state index is 0.166. The van der Waals surface area contributed by atoms with Gasteiger partial charge in [0.1, 0.15) is 0 Å². The van der Waals surface area contributed by atoms with Crippen molar-refractivity contribution in [3.8, 4) is 0 Å². The molecule has 0 bridgehead atoms. The number of ether oxygens (including phenoxy) is 1. The molecule has 2 rings (SSSR count). The van der Waals surface area contributed by atoms with E-state index >= 15 is 0 Å². The lowest BCUT2D eigenvalue weighted by Gasteiger charge is -2.36. The van der Waals surface area contributed by atoms with E-state index in [1.807, 2.05) is 0 Å². The van der Waals surface area contributed by atoms with Gasteiger partial charge in [-0.1, -0.05) is 25.7 Å². The number of hydrogen-bond donors (Lipinski definition) is 0. The summed E-state index contributed by atoms with van der Waals surface area (Å²) < 4.78 is 31.5. The highest BCUT2D eigenvalue weighted by Crippen LogP contribution is 2.21. The van der Waals surface area contributed by atoms with Gasteiger partial charge in [0.2, 0.25) is 10.0 Å². The lowest BCUT2D eigenvalue weighted by molar-refractivity contribution is 0.0234. The van der Waals surface area contributed by atoms with Gasteiger partial charge in [-0.15, -0.1) is 0 Å². The van der Waals surface area contributed by atoms with Crippen LogP contribution >= 0.6 is 0 Å². The minimum Gasteiger partial charge on any atom is -0.377 e. The smallest absolute Gasteiger partial charge is 0.213 e. The number of rotatable bonds is 7. The third-order valence-corrected chi connectivity index (χ3v) is 7.34. The fraction of sp³-hybridized carbons (Fsp3) is 1.00. The van der Waals surface area contributed by atoms with Gasteiger partial charge >= 0.3 is 0 Å². The zero-order valence-corrected chi connectivity index (χ0v) is 15.7. The molecule has 0 aromatic rings. The first-order valence-corrected chi connectivity index (χ1v) is 10.9. The van der Waals surface area contributed by atoms with Crippen LogP contribution in [-0.2, 0) is 14.8 Å². The maximum absolute atomic E-state index is 11.9. The Morgan fingerprint density at radius 3 is 2.22 bits per heavy atom. The zero-order chi connectivity index (χ0) is 16.7. The van der Waals surface area contributed by atoms with Gasteiger partial charge in [-0.3, -0.25) is 0 Å². The fourth-order valence-corrected chi connectivity index (χ4v) is 4.77. The molecule has 2 fully saturated rings. The van der Waals surface area contributed by atoms with Crippen LogP contribution in [0.5, 0.6) is 0 Å². The van der Waals surface area contributed by atoms with Crippen LogP contribution in [0.4, 0.5) is 0 Å². The Balaban J connectivity index is 1.64.